The normalized spacial score (nSPS) is 10.2. The van der Waals surface area contributed by atoms with Gasteiger partial charge < -0.3 is 0 Å². The van der Waals surface area contributed by atoms with E-state index in [-0.39, 0.29) is 9.39 Å². The number of thioether (sulfide) groups is 1. The summed E-state index contributed by atoms with van der Waals surface area (Å²) in [5.41, 5.74) is 0. The Bertz CT molecular complexity index is 368. The van der Waals surface area contributed by atoms with Crippen LogP contribution in [0.15, 0.2) is 47.9 Å². The lowest BCUT2D eigenvalue weighted by molar-refractivity contribution is 0.501. The number of rotatable bonds is 3. The second-order valence-electron chi connectivity index (χ2n) is 2.65. The van der Waals surface area contributed by atoms with Crippen LogP contribution >= 0.6 is 11.8 Å². The van der Waals surface area contributed by atoms with Crippen molar-refractivity contribution >= 4 is 30.7 Å². The highest BCUT2D eigenvalue weighted by Crippen LogP contribution is 2.15. The van der Waals surface area contributed by atoms with E-state index >= 15 is 0 Å². The van der Waals surface area contributed by atoms with E-state index in [1.807, 2.05) is 24.3 Å². The third kappa shape index (κ3) is 13.4. The van der Waals surface area contributed by atoms with Gasteiger partial charge in [0.25, 0.3) is 0 Å². The molecule has 1 aromatic rings. The minimum absolute atomic E-state index is 0.164. The molecule has 0 unspecified atom stereocenters. The van der Waals surface area contributed by atoms with Gasteiger partial charge in [-0.1, -0.05) is 24.3 Å². The highest BCUT2D eigenvalue weighted by atomic mass is 32.4. The summed E-state index contributed by atoms with van der Waals surface area (Å²) in [6, 6.07) is 10.3. The van der Waals surface area contributed by atoms with Crippen LogP contribution in [0.25, 0.3) is 0 Å². The number of benzene rings is 1. The van der Waals surface area contributed by atoms with Gasteiger partial charge in [0.1, 0.15) is 0 Å². The minimum atomic E-state index is -3.53. The molecule has 0 amide bonds. The molecule has 15 heavy (non-hydrogen) atoms. The van der Waals surface area contributed by atoms with Crippen molar-refractivity contribution in [3.63, 3.8) is 0 Å². The summed E-state index contributed by atoms with van der Waals surface area (Å²) in [5.74, 6) is 0.990. The smallest absolute Gasteiger partial charge is 0.217 e. The van der Waals surface area contributed by atoms with Crippen LogP contribution in [0.5, 0.6) is 0 Å². The van der Waals surface area contributed by atoms with Crippen molar-refractivity contribution in [2.24, 2.45) is 0 Å². The van der Waals surface area contributed by atoms with Gasteiger partial charge in [-0.2, -0.15) is 0 Å². The van der Waals surface area contributed by atoms with Gasteiger partial charge >= 0.3 is 0 Å². The zero-order valence-corrected chi connectivity index (χ0v) is 12.1. The molecule has 1 N–H and O–H groups in total. The molecule has 0 atom stereocenters. The summed E-state index contributed by atoms with van der Waals surface area (Å²) in [6.45, 7) is 3.65. The maximum absolute atomic E-state index is 9.25. The van der Waals surface area contributed by atoms with Crippen molar-refractivity contribution in [1.82, 2.24) is 0 Å². The van der Waals surface area contributed by atoms with E-state index in [1.54, 1.807) is 11.8 Å². The summed E-state index contributed by atoms with van der Waals surface area (Å²) in [6.07, 6.45) is 1.91. The van der Waals surface area contributed by atoms with E-state index in [0.29, 0.717) is 0 Å². The largest absolute Gasteiger partial charge is 0.292 e. The van der Waals surface area contributed by atoms with Crippen LogP contribution in [0.3, 0.4) is 0 Å². The lowest BCUT2D eigenvalue weighted by Gasteiger charge is -1.94. The van der Waals surface area contributed by atoms with Crippen molar-refractivity contribution in [3.05, 3.63) is 43.0 Å². The van der Waals surface area contributed by atoms with Gasteiger partial charge in [-0.15, -0.1) is 18.3 Å². The Hall–Kier alpha value is -0.563. The van der Waals surface area contributed by atoms with Crippen molar-refractivity contribution in [1.29, 1.82) is 0 Å². The molecule has 0 aliphatic carbocycles. The second kappa shape index (κ2) is 7.69. The lowest BCUT2D eigenvalue weighted by atomic mass is 10.4. The van der Waals surface area contributed by atoms with E-state index in [4.69, 9.17) is 4.55 Å². The van der Waals surface area contributed by atoms with E-state index in [1.165, 1.54) is 4.90 Å². The van der Waals surface area contributed by atoms with Gasteiger partial charge in [0.05, 0.1) is 0 Å². The van der Waals surface area contributed by atoms with Gasteiger partial charge in [0.2, 0.25) is 9.57 Å². The highest BCUT2D eigenvalue weighted by molar-refractivity contribution is 8.07. The first-order chi connectivity index (χ1) is 6.93. The van der Waals surface area contributed by atoms with Crippen molar-refractivity contribution in [3.8, 4) is 0 Å². The van der Waals surface area contributed by atoms with Crippen LogP contribution in [0.2, 0.25) is 0 Å². The number of hydrogen-bond acceptors (Lipinski definition) is 3. The molecule has 84 valence electrons. The van der Waals surface area contributed by atoms with Gasteiger partial charge in [0, 0.05) is 10.6 Å². The first-order valence-corrected chi connectivity index (χ1v) is 9.43. The van der Waals surface area contributed by atoms with E-state index in [0.717, 1.165) is 5.75 Å². The zero-order chi connectivity index (χ0) is 11.7. The van der Waals surface area contributed by atoms with Crippen LogP contribution < -0.4 is 0 Å². The van der Waals surface area contributed by atoms with E-state index in [9.17, 15) is 8.42 Å². The summed E-state index contributed by atoms with van der Waals surface area (Å²) >= 11 is 1.80. The molecule has 0 saturated heterocycles. The van der Waals surface area contributed by atoms with Crippen LogP contribution in [-0.4, -0.2) is 28.1 Å². The van der Waals surface area contributed by atoms with Crippen LogP contribution in [0.4, 0.5) is 0 Å². The Morgan fingerprint density at radius 2 is 1.87 bits per heavy atom. The molecular formula is C9H14O3S2Si. The second-order valence-corrected chi connectivity index (χ2v) is 8.30. The minimum Gasteiger partial charge on any atom is -0.292 e. The van der Waals surface area contributed by atoms with Crippen LogP contribution in [-0.2, 0) is 9.57 Å². The van der Waals surface area contributed by atoms with Gasteiger partial charge in [-0.25, -0.2) is 8.42 Å². The fourth-order valence-corrected chi connectivity index (χ4v) is 1.33. The quantitative estimate of drug-likeness (QED) is 0.384. The molecular weight excluding hydrogens is 248 g/mol. The molecule has 0 aromatic heterocycles. The monoisotopic (exact) mass is 262 g/mol. The average Bonchev–Trinajstić information content (AvgIpc) is 2.14. The molecule has 1 aromatic carbocycles. The predicted molar refractivity (Wildman–Crippen MR) is 68.9 cm³/mol. The number of hydrogen-bond donors (Lipinski definition) is 1. The Balaban J connectivity index is 0.000000336. The summed E-state index contributed by atoms with van der Waals surface area (Å²) in [7, 11) is -3.69. The predicted octanol–water partition coefficient (Wildman–Crippen LogP) is 1.12. The molecule has 0 spiro atoms. The molecule has 0 bridgehead atoms. The van der Waals surface area contributed by atoms with Crippen LogP contribution in [0.1, 0.15) is 0 Å². The van der Waals surface area contributed by atoms with Crippen molar-refractivity contribution in [2.45, 2.75) is 4.90 Å². The standard InChI is InChI=1S/C9H10S.H4O3SSi/c1-2-8-10-9-6-4-3-5-7-9;1-4(2,3)5/h2-7H,1,8H2;5H3,(H,1,2,3). The molecule has 0 radical (unpaired) electrons. The Morgan fingerprint density at radius 3 is 2.27 bits per heavy atom. The molecule has 1 rings (SSSR count). The van der Waals surface area contributed by atoms with Gasteiger partial charge in [-0.05, 0) is 12.1 Å². The highest BCUT2D eigenvalue weighted by Gasteiger charge is 1.86. The lowest BCUT2D eigenvalue weighted by Crippen LogP contribution is -1.91. The first-order valence-electron chi connectivity index (χ1n) is 4.14. The van der Waals surface area contributed by atoms with Gasteiger partial charge in [0.15, 0.2) is 9.39 Å². The maximum Gasteiger partial charge on any atom is 0.217 e. The van der Waals surface area contributed by atoms with E-state index < -0.39 is 9.57 Å². The van der Waals surface area contributed by atoms with Gasteiger partial charge in [-0.3, -0.25) is 4.55 Å². The summed E-state index contributed by atoms with van der Waals surface area (Å²) in [4.78, 5) is 1.31. The summed E-state index contributed by atoms with van der Waals surface area (Å²) < 4.78 is 26.1. The molecule has 6 heteroatoms. The average molecular weight is 262 g/mol. The first kappa shape index (κ1) is 14.4. The molecule has 3 nitrogen and oxygen atoms in total. The third-order valence-electron chi connectivity index (χ3n) is 1.11. The van der Waals surface area contributed by atoms with Crippen molar-refractivity contribution < 1.29 is 13.0 Å². The zero-order valence-electron chi connectivity index (χ0n) is 8.46. The van der Waals surface area contributed by atoms with E-state index in [2.05, 4.69) is 18.7 Å². The molecule has 0 aliphatic rings. The summed E-state index contributed by atoms with van der Waals surface area (Å²) in [5, 5.41) is 0. The third-order valence-corrected chi connectivity index (χ3v) is 2.12. The Morgan fingerprint density at radius 1 is 1.40 bits per heavy atom. The van der Waals surface area contributed by atoms with Crippen molar-refractivity contribution in [2.75, 3.05) is 5.75 Å². The topological polar surface area (TPSA) is 54.4 Å². The fourth-order valence-electron chi connectivity index (χ4n) is 0.672. The molecule has 0 aliphatic heterocycles. The Labute approximate surface area is 97.4 Å². The van der Waals surface area contributed by atoms with Crippen LogP contribution in [0, 0.1) is 0 Å². The SMILES string of the molecule is C=CCSc1ccccc1.O=S(=O)(O)[SiH3]. The molecule has 0 heterocycles. The maximum atomic E-state index is 9.25. The Kier molecular flexibility index (Phi) is 7.40. The fraction of sp³-hybridized carbons (Fsp3) is 0.111. The molecule has 0 fully saturated rings. The molecule has 0 saturated carbocycles.